The van der Waals surface area contributed by atoms with Crippen LogP contribution in [0.15, 0.2) is 54.6 Å². The highest BCUT2D eigenvalue weighted by Gasteiger charge is 2.21. The van der Waals surface area contributed by atoms with Crippen LogP contribution in [0.3, 0.4) is 0 Å². The highest BCUT2D eigenvalue weighted by Crippen LogP contribution is 2.34. The van der Waals surface area contributed by atoms with Crippen LogP contribution in [0.4, 0.5) is 4.39 Å². The lowest BCUT2D eigenvalue weighted by Crippen LogP contribution is -2.27. The molecule has 2 heteroatoms. The molecule has 0 atom stereocenters. The number of nitrogens with zero attached hydrogens (tertiary/aromatic N) is 1. The molecule has 0 aliphatic heterocycles. The number of hydrogen-bond acceptors (Lipinski definition) is 1. The summed E-state index contributed by atoms with van der Waals surface area (Å²) in [6.45, 7) is 5.66. The number of alkyl halides is 1. The van der Waals surface area contributed by atoms with Crippen LogP contribution < -0.4 is 0 Å². The molecule has 2 aromatic rings. The van der Waals surface area contributed by atoms with Crippen molar-refractivity contribution in [2.75, 3.05) is 19.6 Å². The van der Waals surface area contributed by atoms with Crippen LogP contribution in [-0.4, -0.2) is 30.7 Å². The van der Waals surface area contributed by atoms with E-state index >= 15 is 0 Å². The SMILES string of the molecule is CCN(CCCc1ccc(C2CCC(F)CC2)cc1)CCc1ccccc1. The van der Waals surface area contributed by atoms with E-state index in [0.717, 1.165) is 58.2 Å². The van der Waals surface area contributed by atoms with Crippen LogP contribution in [0.5, 0.6) is 0 Å². The summed E-state index contributed by atoms with van der Waals surface area (Å²) in [6.07, 6.45) is 6.40. The molecular formula is C25H34FN. The highest BCUT2D eigenvalue weighted by molar-refractivity contribution is 5.26. The van der Waals surface area contributed by atoms with Gasteiger partial charge in [0.1, 0.15) is 6.17 Å². The fraction of sp³-hybridized carbons (Fsp3) is 0.520. The van der Waals surface area contributed by atoms with Crippen LogP contribution in [0.25, 0.3) is 0 Å². The Kier molecular flexibility index (Phi) is 7.89. The first-order valence-electron chi connectivity index (χ1n) is 10.7. The minimum Gasteiger partial charge on any atom is -0.303 e. The molecule has 0 unspecified atom stereocenters. The maximum absolute atomic E-state index is 13.3. The third kappa shape index (κ3) is 6.46. The van der Waals surface area contributed by atoms with E-state index in [4.69, 9.17) is 0 Å². The van der Waals surface area contributed by atoms with Crippen molar-refractivity contribution in [3.05, 3.63) is 71.3 Å². The lowest BCUT2D eigenvalue weighted by Gasteiger charge is -2.24. The molecule has 2 aromatic carbocycles. The molecule has 0 saturated heterocycles. The third-order valence-electron chi connectivity index (χ3n) is 6.05. The monoisotopic (exact) mass is 367 g/mol. The molecule has 0 heterocycles. The summed E-state index contributed by atoms with van der Waals surface area (Å²) in [6, 6.07) is 19.9. The molecule has 0 radical (unpaired) electrons. The molecule has 0 spiro atoms. The second-order valence-electron chi connectivity index (χ2n) is 7.96. The van der Waals surface area contributed by atoms with Gasteiger partial charge in [-0.15, -0.1) is 0 Å². The van der Waals surface area contributed by atoms with Gasteiger partial charge in [-0.2, -0.15) is 0 Å². The average molecular weight is 368 g/mol. The topological polar surface area (TPSA) is 3.24 Å². The van der Waals surface area contributed by atoms with Crippen LogP contribution in [0, 0.1) is 0 Å². The summed E-state index contributed by atoms with van der Waals surface area (Å²) >= 11 is 0. The van der Waals surface area contributed by atoms with Gasteiger partial charge < -0.3 is 4.90 Å². The van der Waals surface area contributed by atoms with Gasteiger partial charge in [-0.1, -0.05) is 61.5 Å². The number of likely N-dealkylation sites (N-methyl/N-ethyl adjacent to an activating group) is 1. The second-order valence-corrected chi connectivity index (χ2v) is 7.96. The standard InChI is InChI=1S/C25H34FN/c1-2-27(20-18-21-7-4-3-5-8-21)19-6-9-22-10-12-23(13-11-22)24-14-16-25(26)17-15-24/h3-5,7-8,10-13,24-25H,2,6,9,14-20H2,1H3. The van der Waals surface area contributed by atoms with E-state index in [1.54, 1.807) is 0 Å². The molecule has 146 valence electrons. The number of halogens is 1. The van der Waals surface area contributed by atoms with Gasteiger partial charge in [0.15, 0.2) is 0 Å². The van der Waals surface area contributed by atoms with E-state index in [-0.39, 0.29) is 0 Å². The zero-order valence-corrected chi connectivity index (χ0v) is 16.7. The summed E-state index contributed by atoms with van der Waals surface area (Å²) in [5, 5.41) is 0. The van der Waals surface area contributed by atoms with E-state index in [9.17, 15) is 4.39 Å². The summed E-state index contributed by atoms with van der Waals surface area (Å²) in [5.74, 6) is 0.569. The molecule has 0 aromatic heterocycles. The molecule has 1 fully saturated rings. The lowest BCUT2D eigenvalue weighted by atomic mass is 9.83. The van der Waals surface area contributed by atoms with Crippen molar-refractivity contribution in [3.8, 4) is 0 Å². The zero-order valence-electron chi connectivity index (χ0n) is 16.7. The van der Waals surface area contributed by atoms with E-state index in [0.29, 0.717) is 5.92 Å². The van der Waals surface area contributed by atoms with Crippen LogP contribution in [-0.2, 0) is 12.8 Å². The zero-order chi connectivity index (χ0) is 18.9. The Morgan fingerprint density at radius 3 is 2.15 bits per heavy atom. The summed E-state index contributed by atoms with van der Waals surface area (Å²) in [4.78, 5) is 2.55. The quantitative estimate of drug-likeness (QED) is 0.511. The molecule has 0 N–H and O–H groups in total. The molecule has 1 aliphatic rings. The summed E-state index contributed by atoms with van der Waals surface area (Å²) in [7, 11) is 0. The van der Waals surface area contributed by atoms with Crippen LogP contribution in [0.2, 0.25) is 0 Å². The Hall–Kier alpha value is -1.67. The molecule has 27 heavy (non-hydrogen) atoms. The van der Waals surface area contributed by atoms with Gasteiger partial charge in [-0.25, -0.2) is 4.39 Å². The maximum atomic E-state index is 13.3. The van der Waals surface area contributed by atoms with E-state index in [2.05, 4.69) is 66.4 Å². The number of hydrogen-bond donors (Lipinski definition) is 0. The Morgan fingerprint density at radius 1 is 0.815 bits per heavy atom. The molecular weight excluding hydrogens is 333 g/mol. The predicted molar refractivity (Wildman–Crippen MR) is 113 cm³/mol. The van der Waals surface area contributed by atoms with Gasteiger partial charge in [-0.05, 0) is 80.6 Å². The van der Waals surface area contributed by atoms with Crippen molar-refractivity contribution in [1.29, 1.82) is 0 Å². The first-order chi connectivity index (χ1) is 13.2. The number of benzene rings is 2. The largest absolute Gasteiger partial charge is 0.303 e. The molecule has 1 aliphatic carbocycles. The van der Waals surface area contributed by atoms with Crippen molar-refractivity contribution >= 4 is 0 Å². The maximum Gasteiger partial charge on any atom is 0.100 e. The third-order valence-corrected chi connectivity index (χ3v) is 6.05. The first kappa shape index (κ1) is 20.1. The average Bonchev–Trinajstić information content (AvgIpc) is 2.72. The minimum atomic E-state index is -0.566. The molecule has 1 saturated carbocycles. The number of aryl methyl sites for hydroxylation is 1. The highest BCUT2D eigenvalue weighted by atomic mass is 19.1. The molecule has 0 amide bonds. The number of rotatable bonds is 9. The molecule has 1 nitrogen and oxygen atoms in total. The van der Waals surface area contributed by atoms with Gasteiger partial charge in [0.2, 0.25) is 0 Å². The Bertz CT molecular complexity index is 644. The van der Waals surface area contributed by atoms with Crippen molar-refractivity contribution < 1.29 is 4.39 Å². The van der Waals surface area contributed by atoms with E-state index < -0.39 is 6.17 Å². The first-order valence-corrected chi connectivity index (χ1v) is 10.7. The van der Waals surface area contributed by atoms with E-state index in [1.807, 2.05) is 0 Å². The normalized spacial score (nSPS) is 20.1. The van der Waals surface area contributed by atoms with Crippen molar-refractivity contribution in [2.24, 2.45) is 0 Å². The Balaban J connectivity index is 1.40. The van der Waals surface area contributed by atoms with Crippen LogP contribution in [0.1, 0.15) is 61.6 Å². The van der Waals surface area contributed by atoms with Gasteiger partial charge in [-0.3, -0.25) is 0 Å². The Labute approximate surface area is 164 Å². The lowest BCUT2D eigenvalue weighted by molar-refractivity contribution is 0.235. The second kappa shape index (κ2) is 10.6. The van der Waals surface area contributed by atoms with E-state index in [1.165, 1.54) is 23.1 Å². The van der Waals surface area contributed by atoms with Gasteiger partial charge in [0.05, 0.1) is 0 Å². The van der Waals surface area contributed by atoms with Crippen molar-refractivity contribution in [2.45, 2.75) is 64.0 Å². The van der Waals surface area contributed by atoms with Crippen molar-refractivity contribution in [3.63, 3.8) is 0 Å². The summed E-state index contributed by atoms with van der Waals surface area (Å²) in [5.41, 5.74) is 4.26. The minimum absolute atomic E-state index is 0.566. The molecule has 0 bridgehead atoms. The van der Waals surface area contributed by atoms with Crippen molar-refractivity contribution in [1.82, 2.24) is 4.90 Å². The fourth-order valence-electron chi connectivity index (χ4n) is 4.21. The van der Waals surface area contributed by atoms with Gasteiger partial charge >= 0.3 is 0 Å². The Morgan fingerprint density at radius 2 is 1.48 bits per heavy atom. The molecule has 3 rings (SSSR count). The summed E-state index contributed by atoms with van der Waals surface area (Å²) < 4.78 is 13.3. The fourth-order valence-corrected chi connectivity index (χ4v) is 4.21. The smallest absolute Gasteiger partial charge is 0.100 e. The van der Waals surface area contributed by atoms with Gasteiger partial charge in [0, 0.05) is 6.54 Å². The predicted octanol–water partition coefficient (Wildman–Crippen LogP) is 6.18. The van der Waals surface area contributed by atoms with Gasteiger partial charge in [0.25, 0.3) is 0 Å². The van der Waals surface area contributed by atoms with Crippen LogP contribution >= 0.6 is 0 Å².